The fraction of sp³-hybridized carbons (Fsp3) is 0.545. The first-order chi connectivity index (χ1) is 14.4. The molecule has 2 rings (SSSR count). The van der Waals surface area contributed by atoms with Gasteiger partial charge in [-0.1, -0.05) is 32.9 Å². The van der Waals surface area contributed by atoms with Gasteiger partial charge in [-0.3, -0.25) is 0 Å². The zero-order chi connectivity index (χ0) is 23.2. The number of aliphatic imine (C=N–C) groups is 1. The number of rotatable bonds is 8. The Morgan fingerprint density at radius 3 is 2.31 bits per heavy atom. The smallest absolute Gasteiger partial charge is 0.243 e. The van der Waals surface area contributed by atoms with Crippen molar-refractivity contribution in [2.45, 2.75) is 71.0 Å². The van der Waals surface area contributed by atoms with Crippen molar-refractivity contribution in [3.05, 3.63) is 47.7 Å². The summed E-state index contributed by atoms with van der Waals surface area (Å²) in [6.07, 6.45) is 1.76. The largest absolute Gasteiger partial charge is 0.443 e. The van der Waals surface area contributed by atoms with Gasteiger partial charge in [0, 0.05) is 25.0 Å². The first-order valence-corrected chi connectivity index (χ1v) is 11.9. The van der Waals surface area contributed by atoms with Gasteiger partial charge in [0.25, 0.3) is 0 Å². The number of nitrogens with one attached hydrogen (secondary N) is 2. The summed E-state index contributed by atoms with van der Waals surface area (Å²) in [6, 6.07) is 6.72. The van der Waals surface area contributed by atoms with Gasteiger partial charge in [0.15, 0.2) is 5.96 Å². The lowest BCUT2D eigenvalue weighted by Gasteiger charge is -2.21. The summed E-state index contributed by atoms with van der Waals surface area (Å²) in [5, 5.41) is 6.41. The second-order valence-electron chi connectivity index (χ2n) is 8.68. The van der Waals surface area contributed by atoms with E-state index < -0.39 is 10.0 Å². The Bertz CT molecular complexity index is 980. The molecule has 0 aliphatic carbocycles. The molecule has 0 spiro atoms. The van der Waals surface area contributed by atoms with Crippen molar-refractivity contribution in [2.75, 3.05) is 13.6 Å². The summed E-state index contributed by atoms with van der Waals surface area (Å²) in [5.74, 6) is 2.07. The number of oxazole rings is 1. The van der Waals surface area contributed by atoms with E-state index in [0.29, 0.717) is 31.5 Å². The maximum absolute atomic E-state index is 12.6. The molecule has 180 valence electrons. The van der Waals surface area contributed by atoms with Crippen LogP contribution in [-0.4, -0.2) is 43.3 Å². The molecule has 0 bridgehead atoms. The van der Waals surface area contributed by atoms with Gasteiger partial charge in [-0.05, 0) is 38.5 Å². The van der Waals surface area contributed by atoms with E-state index in [0.717, 1.165) is 11.3 Å². The lowest BCUT2D eigenvalue weighted by Crippen LogP contribution is -2.36. The normalized spacial score (nSPS) is 12.7. The highest BCUT2D eigenvalue weighted by Crippen LogP contribution is 2.22. The Hall–Kier alpha value is -1.66. The van der Waals surface area contributed by atoms with Crippen molar-refractivity contribution in [1.29, 1.82) is 0 Å². The van der Waals surface area contributed by atoms with Gasteiger partial charge in [-0.15, -0.1) is 24.0 Å². The molecule has 0 saturated heterocycles. The van der Waals surface area contributed by atoms with E-state index in [2.05, 4.69) is 41.4 Å². The van der Waals surface area contributed by atoms with Crippen LogP contribution in [0.1, 0.15) is 58.8 Å². The molecular formula is C22H36IN5O3S. The monoisotopic (exact) mass is 577 g/mol. The number of halogens is 1. The number of hydrogen-bond acceptors (Lipinski definition) is 5. The van der Waals surface area contributed by atoms with Gasteiger partial charge in [0.05, 0.1) is 24.2 Å². The molecule has 2 aromatic rings. The van der Waals surface area contributed by atoms with Gasteiger partial charge >= 0.3 is 0 Å². The minimum atomic E-state index is -3.49. The molecule has 10 heteroatoms. The molecule has 1 heterocycles. The Morgan fingerprint density at radius 2 is 1.81 bits per heavy atom. The molecule has 8 nitrogen and oxygen atoms in total. The van der Waals surface area contributed by atoms with Crippen LogP contribution >= 0.6 is 24.0 Å². The summed E-state index contributed by atoms with van der Waals surface area (Å²) in [6.45, 7) is 13.5. The first-order valence-electron chi connectivity index (χ1n) is 10.5. The number of nitrogens with zero attached hydrogens (tertiary/aromatic N) is 3. The highest BCUT2D eigenvalue weighted by atomic mass is 127. The van der Waals surface area contributed by atoms with E-state index in [4.69, 9.17) is 4.42 Å². The lowest BCUT2D eigenvalue weighted by atomic mass is 9.94. The Morgan fingerprint density at radius 1 is 1.19 bits per heavy atom. The Balaban J connectivity index is 0.00000512. The maximum Gasteiger partial charge on any atom is 0.243 e. The van der Waals surface area contributed by atoms with Gasteiger partial charge in [-0.25, -0.2) is 18.4 Å². The van der Waals surface area contributed by atoms with Gasteiger partial charge in [0.2, 0.25) is 15.9 Å². The lowest BCUT2D eigenvalue weighted by molar-refractivity contribution is 0.379. The van der Waals surface area contributed by atoms with Gasteiger partial charge < -0.3 is 15.1 Å². The number of sulfonamides is 1. The molecule has 0 atom stereocenters. The molecule has 32 heavy (non-hydrogen) atoms. The van der Waals surface area contributed by atoms with Crippen molar-refractivity contribution in [3.8, 4) is 0 Å². The van der Waals surface area contributed by atoms with Crippen LogP contribution in [0, 0.1) is 0 Å². The zero-order valence-electron chi connectivity index (χ0n) is 20.0. The van der Waals surface area contributed by atoms with E-state index in [1.54, 1.807) is 37.5 Å². The van der Waals surface area contributed by atoms with E-state index in [1.165, 1.54) is 4.31 Å². The SMILES string of the molecule is CCNC(=NCc1ccc(S(=O)(=O)N(C)C(C)C)cc1)NCc1ncc(C(C)(C)C)o1.I. The Labute approximate surface area is 209 Å². The van der Waals surface area contributed by atoms with Crippen molar-refractivity contribution in [2.24, 2.45) is 4.99 Å². The predicted octanol–water partition coefficient (Wildman–Crippen LogP) is 3.87. The van der Waals surface area contributed by atoms with Crippen LogP contribution in [0.25, 0.3) is 0 Å². The van der Waals surface area contributed by atoms with Crippen LogP contribution < -0.4 is 10.6 Å². The molecule has 0 aliphatic heterocycles. The third kappa shape index (κ3) is 7.73. The van der Waals surface area contributed by atoms with Crippen LogP contribution in [0.15, 0.2) is 44.8 Å². The van der Waals surface area contributed by atoms with Gasteiger partial charge in [-0.2, -0.15) is 4.31 Å². The zero-order valence-corrected chi connectivity index (χ0v) is 23.1. The highest BCUT2D eigenvalue weighted by Gasteiger charge is 2.22. The molecule has 0 fully saturated rings. The minimum Gasteiger partial charge on any atom is -0.443 e. The number of guanidine groups is 1. The minimum absolute atomic E-state index is 0. The van der Waals surface area contributed by atoms with Crippen LogP contribution in [0.3, 0.4) is 0 Å². The van der Waals surface area contributed by atoms with Crippen molar-refractivity contribution in [1.82, 2.24) is 19.9 Å². The summed E-state index contributed by atoms with van der Waals surface area (Å²) in [7, 11) is -1.90. The first kappa shape index (κ1) is 28.4. The summed E-state index contributed by atoms with van der Waals surface area (Å²) in [4.78, 5) is 9.17. The third-order valence-corrected chi connectivity index (χ3v) is 6.84. The van der Waals surface area contributed by atoms with Crippen LogP contribution in [0.5, 0.6) is 0 Å². The van der Waals surface area contributed by atoms with E-state index in [1.807, 2.05) is 20.8 Å². The van der Waals surface area contributed by atoms with Crippen molar-refractivity contribution < 1.29 is 12.8 Å². The molecule has 0 amide bonds. The molecule has 0 saturated carbocycles. The summed E-state index contributed by atoms with van der Waals surface area (Å²) >= 11 is 0. The van der Waals surface area contributed by atoms with Crippen LogP contribution in [0.2, 0.25) is 0 Å². The highest BCUT2D eigenvalue weighted by molar-refractivity contribution is 14.0. The second kappa shape index (κ2) is 12.0. The molecule has 1 aromatic heterocycles. The average molecular weight is 578 g/mol. The van der Waals surface area contributed by atoms with E-state index in [9.17, 15) is 8.42 Å². The summed E-state index contributed by atoms with van der Waals surface area (Å²) in [5.41, 5.74) is 0.822. The molecule has 2 N–H and O–H groups in total. The molecule has 0 aliphatic rings. The molecule has 0 radical (unpaired) electrons. The second-order valence-corrected chi connectivity index (χ2v) is 10.7. The van der Waals surface area contributed by atoms with E-state index in [-0.39, 0.29) is 40.3 Å². The molecular weight excluding hydrogens is 541 g/mol. The van der Waals surface area contributed by atoms with E-state index >= 15 is 0 Å². The topological polar surface area (TPSA) is 99.8 Å². The van der Waals surface area contributed by atoms with Crippen molar-refractivity contribution in [3.63, 3.8) is 0 Å². The van der Waals surface area contributed by atoms with Gasteiger partial charge in [0.1, 0.15) is 5.76 Å². The molecule has 1 aromatic carbocycles. The summed E-state index contributed by atoms with van der Waals surface area (Å²) < 4.78 is 32.3. The standard InChI is InChI=1S/C22H35N5O3S.HI/c1-8-23-21(26-15-20-24-14-19(30-20)22(4,5)6)25-13-17-9-11-18(12-10-17)31(28,29)27(7)16(2)3;/h9-12,14,16H,8,13,15H2,1-7H3,(H2,23,25,26);1H. The van der Waals surface area contributed by atoms with Crippen molar-refractivity contribution >= 4 is 40.0 Å². The predicted molar refractivity (Wildman–Crippen MR) is 139 cm³/mol. The average Bonchev–Trinajstić information content (AvgIpc) is 3.19. The van der Waals surface area contributed by atoms with Crippen LogP contribution in [-0.2, 0) is 28.5 Å². The fourth-order valence-electron chi connectivity index (χ4n) is 2.62. The number of hydrogen-bond donors (Lipinski definition) is 2. The number of benzene rings is 1. The quantitative estimate of drug-likeness (QED) is 0.281. The fourth-order valence-corrected chi connectivity index (χ4v) is 3.99. The maximum atomic E-state index is 12.6. The Kier molecular flexibility index (Phi) is 10.6. The molecule has 0 unspecified atom stereocenters. The third-order valence-electron chi connectivity index (χ3n) is 4.79. The van der Waals surface area contributed by atoms with Crippen LogP contribution in [0.4, 0.5) is 0 Å². The number of aromatic nitrogens is 1.